The van der Waals surface area contributed by atoms with Crippen LogP contribution in [0.3, 0.4) is 0 Å². The van der Waals surface area contributed by atoms with Crippen LogP contribution in [-0.2, 0) is 0 Å². The average Bonchev–Trinajstić information content (AvgIpc) is 2.25. The Kier molecular flexibility index (Phi) is 4.56. The quantitative estimate of drug-likeness (QED) is 0.583. The van der Waals surface area contributed by atoms with E-state index in [-0.39, 0.29) is 5.69 Å². The molecule has 0 saturated heterocycles. The highest BCUT2D eigenvalue weighted by molar-refractivity contribution is 5.91. The van der Waals surface area contributed by atoms with Crippen LogP contribution in [-0.4, -0.2) is 30.5 Å². The van der Waals surface area contributed by atoms with Gasteiger partial charge in [-0.3, -0.25) is 9.78 Å². The van der Waals surface area contributed by atoms with Gasteiger partial charge in [0.05, 0.1) is 0 Å². The van der Waals surface area contributed by atoms with Gasteiger partial charge in [0, 0.05) is 25.0 Å². The molecule has 1 aromatic heterocycles. The van der Waals surface area contributed by atoms with Crippen LogP contribution in [0.4, 0.5) is 5.69 Å². The Bertz CT molecular complexity index is 327. The molecular formula is C10H16N4O. The van der Waals surface area contributed by atoms with Crippen LogP contribution in [0, 0.1) is 0 Å². The Hall–Kier alpha value is -1.62. The summed E-state index contributed by atoms with van der Waals surface area (Å²) in [5.41, 5.74) is 6.26. The molecule has 5 heteroatoms. The van der Waals surface area contributed by atoms with Crippen molar-refractivity contribution in [3.8, 4) is 0 Å². The van der Waals surface area contributed by atoms with E-state index in [0.29, 0.717) is 0 Å². The summed E-state index contributed by atoms with van der Waals surface area (Å²) in [7, 11) is 0. The number of primary amides is 1. The Labute approximate surface area is 89.1 Å². The van der Waals surface area contributed by atoms with Gasteiger partial charge >= 0.3 is 0 Å². The van der Waals surface area contributed by atoms with Gasteiger partial charge in [0.1, 0.15) is 5.69 Å². The van der Waals surface area contributed by atoms with Crippen LogP contribution in [0.1, 0.15) is 17.4 Å². The molecule has 1 heterocycles. The van der Waals surface area contributed by atoms with Gasteiger partial charge in [-0.15, -0.1) is 0 Å². The summed E-state index contributed by atoms with van der Waals surface area (Å²) >= 11 is 0. The molecule has 5 nitrogen and oxygen atoms in total. The fraction of sp³-hybridized carbons (Fsp3) is 0.400. The number of pyridine rings is 1. The highest BCUT2D eigenvalue weighted by atomic mass is 16.1. The van der Waals surface area contributed by atoms with E-state index in [0.717, 1.165) is 25.3 Å². The SMILES string of the molecule is CCNCCNc1ccnc(C(N)=O)c1. The zero-order valence-corrected chi connectivity index (χ0v) is 8.79. The molecular weight excluding hydrogens is 192 g/mol. The molecule has 1 aromatic rings. The normalized spacial score (nSPS) is 9.93. The van der Waals surface area contributed by atoms with E-state index in [1.165, 1.54) is 0 Å². The van der Waals surface area contributed by atoms with Crippen molar-refractivity contribution in [1.82, 2.24) is 10.3 Å². The van der Waals surface area contributed by atoms with Crippen molar-refractivity contribution < 1.29 is 4.79 Å². The second-order valence-electron chi connectivity index (χ2n) is 3.07. The maximum Gasteiger partial charge on any atom is 0.267 e. The summed E-state index contributed by atoms with van der Waals surface area (Å²) < 4.78 is 0. The van der Waals surface area contributed by atoms with Crippen LogP contribution in [0.2, 0.25) is 0 Å². The minimum Gasteiger partial charge on any atom is -0.384 e. The zero-order chi connectivity index (χ0) is 11.1. The number of aromatic nitrogens is 1. The number of hydrogen-bond donors (Lipinski definition) is 3. The standard InChI is InChI=1S/C10H16N4O/c1-2-12-5-6-13-8-3-4-14-9(7-8)10(11)15/h3-4,7,12H,2,5-6H2,1H3,(H2,11,15)(H,13,14). The fourth-order valence-electron chi connectivity index (χ4n) is 1.15. The van der Waals surface area contributed by atoms with Crippen LogP contribution in [0.5, 0.6) is 0 Å². The summed E-state index contributed by atoms with van der Waals surface area (Å²) in [6.45, 7) is 4.68. The minimum atomic E-state index is -0.509. The molecule has 1 amide bonds. The third-order valence-electron chi connectivity index (χ3n) is 1.89. The minimum absolute atomic E-state index is 0.281. The second-order valence-corrected chi connectivity index (χ2v) is 3.07. The molecule has 4 N–H and O–H groups in total. The molecule has 0 aliphatic rings. The number of anilines is 1. The van der Waals surface area contributed by atoms with Crippen LogP contribution >= 0.6 is 0 Å². The predicted octanol–water partition coefficient (Wildman–Crippen LogP) is 0.202. The van der Waals surface area contributed by atoms with E-state index in [4.69, 9.17) is 5.73 Å². The number of rotatable bonds is 6. The third-order valence-corrected chi connectivity index (χ3v) is 1.89. The Morgan fingerprint density at radius 3 is 3.00 bits per heavy atom. The van der Waals surface area contributed by atoms with Gasteiger partial charge in [0.25, 0.3) is 5.91 Å². The fourth-order valence-corrected chi connectivity index (χ4v) is 1.15. The molecule has 0 spiro atoms. The molecule has 0 aliphatic carbocycles. The van der Waals surface area contributed by atoms with Crippen LogP contribution < -0.4 is 16.4 Å². The van der Waals surface area contributed by atoms with Crippen molar-refractivity contribution in [1.29, 1.82) is 0 Å². The maximum atomic E-state index is 10.8. The number of nitrogens with two attached hydrogens (primary N) is 1. The Morgan fingerprint density at radius 1 is 1.53 bits per heavy atom. The highest BCUT2D eigenvalue weighted by Crippen LogP contribution is 2.06. The second kappa shape index (κ2) is 5.98. The summed E-state index contributed by atoms with van der Waals surface area (Å²) in [5.74, 6) is -0.509. The van der Waals surface area contributed by atoms with E-state index in [1.54, 1.807) is 18.3 Å². The van der Waals surface area contributed by atoms with Gasteiger partial charge < -0.3 is 16.4 Å². The van der Waals surface area contributed by atoms with E-state index in [9.17, 15) is 4.79 Å². The van der Waals surface area contributed by atoms with Crippen molar-refractivity contribution >= 4 is 11.6 Å². The first kappa shape index (κ1) is 11.5. The topological polar surface area (TPSA) is 80.0 Å². The number of nitrogens with one attached hydrogen (secondary N) is 2. The summed E-state index contributed by atoms with van der Waals surface area (Å²) in [6, 6.07) is 3.45. The average molecular weight is 208 g/mol. The monoisotopic (exact) mass is 208 g/mol. The molecule has 0 bridgehead atoms. The van der Waals surface area contributed by atoms with Crippen LogP contribution in [0.25, 0.3) is 0 Å². The highest BCUT2D eigenvalue weighted by Gasteiger charge is 2.01. The van der Waals surface area contributed by atoms with Gasteiger partial charge in [-0.1, -0.05) is 6.92 Å². The van der Waals surface area contributed by atoms with Crippen molar-refractivity contribution in [2.45, 2.75) is 6.92 Å². The first-order chi connectivity index (χ1) is 7.24. The molecule has 82 valence electrons. The smallest absolute Gasteiger partial charge is 0.267 e. The van der Waals surface area contributed by atoms with Gasteiger partial charge in [0.15, 0.2) is 0 Å². The summed E-state index contributed by atoms with van der Waals surface area (Å²) in [5, 5.41) is 6.35. The number of hydrogen-bond acceptors (Lipinski definition) is 4. The molecule has 0 aliphatic heterocycles. The molecule has 0 aromatic carbocycles. The van der Waals surface area contributed by atoms with Gasteiger partial charge in [0.2, 0.25) is 0 Å². The van der Waals surface area contributed by atoms with Gasteiger partial charge in [-0.05, 0) is 18.7 Å². The number of carbonyl (C=O) groups is 1. The first-order valence-electron chi connectivity index (χ1n) is 4.94. The molecule has 1 rings (SSSR count). The molecule has 15 heavy (non-hydrogen) atoms. The summed E-state index contributed by atoms with van der Waals surface area (Å²) in [6.07, 6.45) is 1.57. The maximum absolute atomic E-state index is 10.8. The van der Waals surface area contributed by atoms with Crippen molar-refractivity contribution in [3.05, 3.63) is 24.0 Å². The van der Waals surface area contributed by atoms with Gasteiger partial charge in [-0.2, -0.15) is 0 Å². The van der Waals surface area contributed by atoms with E-state index >= 15 is 0 Å². The van der Waals surface area contributed by atoms with E-state index < -0.39 is 5.91 Å². The first-order valence-corrected chi connectivity index (χ1v) is 4.94. The largest absolute Gasteiger partial charge is 0.384 e. The van der Waals surface area contributed by atoms with Crippen LogP contribution in [0.15, 0.2) is 18.3 Å². The number of carbonyl (C=O) groups excluding carboxylic acids is 1. The van der Waals surface area contributed by atoms with E-state index in [2.05, 4.69) is 22.5 Å². The Morgan fingerprint density at radius 2 is 2.33 bits per heavy atom. The molecule has 0 saturated carbocycles. The Balaban J connectivity index is 2.47. The number of nitrogens with zero attached hydrogens (tertiary/aromatic N) is 1. The lowest BCUT2D eigenvalue weighted by Crippen LogP contribution is -2.21. The molecule has 0 fully saturated rings. The lowest BCUT2D eigenvalue weighted by atomic mass is 10.3. The van der Waals surface area contributed by atoms with E-state index in [1.807, 2.05) is 0 Å². The molecule has 0 atom stereocenters. The number of likely N-dealkylation sites (N-methyl/N-ethyl adjacent to an activating group) is 1. The summed E-state index contributed by atoms with van der Waals surface area (Å²) in [4.78, 5) is 14.7. The lowest BCUT2D eigenvalue weighted by Gasteiger charge is -2.06. The van der Waals surface area contributed by atoms with Crippen molar-refractivity contribution in [2.75, 3.05) is 25.0 Å². The molecule has 0 radical (unpaired) electrons. The van der Waals surface area contributed by atoms with Crippen molar-refractivity contribution in [3.63, 3.8) is 0 Å². The lowest BCUT2D eigenvalue weighted by molar-refractivity contribution is 0.0995. The molecule has 0 unspecified atom stereocenters. The zero-order valence-electron chi connectivity index (χ0n) is 8.79. The predicted molar refractivity (Wildman–Crippen MR) is 59.8 cm³/mol. The third kappa shape index (κ3) is 3.95. The van der Waals surface area contributed by atoms with Gasteiger partial charge in [-0.25, -0.2) is 0 Å². The number of amides is 1. The van der Waals surface area contributed by atoms with Crippen molar-refractivity contribution in [2.24, 2.45) is 5.73 Å².